The Morgan fingerprint density at radius 1 is 0.968 bits per heavy atom. The number of nitrogens with zero attached hydrogens (tertiary/aromatic N) is 4. The van der Waals surface area contributed by atoms with Crippen molar-refractivity contribution < 1.29 is 9.59 Å². The van der Waals surface area contributed by atoms with Gasteiger partial charge >= 0.3 is 6.03 Å². The van der Waals surface area contributed by atoms with Crippen LogP contribution in [0.15, 0.2) is 54.9 Å². The lowest BCUT2D eigenvalue weighted by Gasteiger charge is -2.41. The number of hydrogen-bond donors (Lipinski definition) is 2. The number of urea groups is 1. The summed E-state index contributed by atoms with van der Waals surface area (Å²) in [6.07, 6.45) is 2.42. The maximum absolute atomic E-state index is 12.8. The predicted molar refractivity (Wildman–Crippen MR) is 115 cm³/mol. The number of primary amides is 1. The quantitative estimate of drug-likeness (QED) is 0.681. The summed E-state index contributed by atoms with van der Waals surface area (Å²) in [5.41, 5.74) is 9.02. The van der Waals surface area contributed by atoms with Gasteiger partial charge in [0.2, 0.25) is 5.91 Å². The highest BCUT2D eigenvalue weighted by Gasteiger charge is 2.37. The van der Waals surface area contributed by atoms with Crippen molar-refractivity contribution in [1.82, 2.24) is 25.0 Å². The summed E-state index contributed by atoms with van der Waals surface area (Å²) < 4.78 is 0. The highest BCUT2D eigenvalue weighted by Crippen LogP contribution is 2.32. The molecule has 0 saturated carbocycles. The zero-order valence-corrected chi connectivity index (χ0v) is 17.1. The standard InChI is InChI=1S/C23H24N6O2/c24-21(30)20-4-2-1-3-19(20)16-7-5-15(6-8-16)18-12-29(13-18)23(31)28-10-9-17(11-28)22-25-14-26-27-22/h1-8,14,17-18H,9-13H2,(H2,24,30)(H,25,26,27)/t17-/m0/s1. The van der Waals surface area contributed by atoms with Crippen LogP contribution in [0.5, 0.6) is 0 Å². The van der Waals surface area contributed by atoms with Gasteiger partial charge in [-0.3, -0.25) is 9.89 Å². The average Bonchev–Trinajstić information content (AvgIpc) is 3.45. The van der Waals surface area contributed by atoms with Gasteiger partial charge in [0.25, 0.3) is 0 Å². The van der Waals surface area contributed by atoms with Gasteiger partial charge in [-0.15, -0.1) is 0 Å². The molecule has 8 nitrogen and oxygen atoms in total. The maximum atomic E-state index is 12.8. The van der Waals surface area contributed by atoms with E-state index in [9.17, 15) is 9.59 Å². The Balaban J connectivity index is 1.20. The Morgan fingerprint density at radius 3 is 2.42 bits per heavy atom. The first-order valence-electron chi connectivity index (χ1n) is 10.5. The summed E-state index contributed by atoms with van der Waals surface area (Å²) in [6, 6.07) is 15.7. The van der Waals surface area contributed by atoms with Crippen molar-refractivity contribution in [2.24, 2.45) is 5.73 Å². The third-order valence-corrected chi connectivity index (χ3v) is 6.32. The molecule has 0 aliphatic carbocycles. The topological polar surface area (TPSA) is 108 Å². The van der Waals surface area contributed by atoms with E-state index in [1.165, 1.54) is 11.9 Å². The lowest BCUT2D eigenvalue weighted by Crippen LogP contribution is -2.53. The van der Waals surface area contributed by atoms with Crippen LogP contribution in [0.4, 0.5) is 4.79 Å². The van der Waals surface area contributed by atoms with Crippen LogP contribution in [0.3, 0.4) is 0 Å². The molecule has 2 aliphatic heterocycles. The van der Waals surface area contributed by atoms with Crippen molar-refractivity contribution in [3.05, 3.63) is 71.8 Å². The molecular weight excluding hydrogens is 392 g/mol. The van der Waals surface area contributed by atoms with Crippen LogP contribution >= 0.6 is 0 Å². The van der Waals surface area contributed by atoms with E-state index < -0.39 is 5.91 Å². The molecule has 1 atom stereocenters. The summed E-state index contributed by atoms with van der Waals surface area (Å²) in [7, 11) is 0. The summed E-state index contributed by atoms with van der Waals surface area (Å²) in [6.45, 7) is 2.88. The predicted octanol–water partition coefficient (Wildman–Crippen LogP) is 2.58. The molecular formula is C23H24N6O2. The molecule has 158 valence electrons. The lowest BCUT2D eigenvalue weighted by atomic mass is 9.90. The number of carbonyl (C=O) groups excluding carboxylic acids is 2. The Bertz CT molecular complexity index is 1090. The van der Waals surface area contributed by atoms with Crippen molar-refractivity contribution in [2.45, 2.75) is 18.3 Å². The number of benzene rings is 2. The van der Waals surface area contributed by atoms with Gasteiger partial charge < -0.3 is 15.5 Å². The number of amides is 3. The van der Waals surface area contributed by atoms with Crippen molar-refractivity contribution in [3.8, 4) is 11.1 Å². The number of rotatable bonds is 4. The molecule has 2 aliphatic rings. The molecule has 3 heterocycles. The minimum Gasteiger partial charge on any atom is -0.366 e. The van der Waals surface area contributed by atoms with Gasteiger partial charge in [0, 0.05) is 43.6 Å². The van der Waals surface area contributed by atoms with Gasteiger partial charge in [-0.1, -0.05) is 42.5 Å². The summed E-state index contributed by atoms with van der Waals surface area (Å²) >= 11 is 0. The zero-order valence-electron chi connectivity index (χ0n) is 17.1. The molecule has 2 saturated heterocycles. The highest BCUT2D eigenvalue weighted by atomic mass is 16.2. The first kappa shape index (κ1) is 19.3. The van der Waals surface area contributed by atoms with E-state index in [2.05, 4.69) is 27.3 Å². The van der Waals surface area contributed by atoms with Crippen LogP contribution in [-0.2, 0) is 0 Å². The first-order valence-corrected chi connectivity index (χ1v) is 10.5. The molecule has 3 aromatic rings. The number of nitrogens with one attached hydrogen (secondary N) is 1. The molecule has 3 N–H and O–H groups in total. The normalized spacial score (nSPS) is 18.8. The number of aromatic amines is 1. The molecule has 31 heavy (non-hydrogen) atoms. The summed E-state index contributed by atoms with van der Waals surface area (Å²) in [5.74, 6) is 0.992. The second kappa shape index (κ2) is 7.86. The highest BCUT2D eigenvalue weighted by molar-refractivity contribution is 5.99. The third-order valence-electron chi connectivity index (χ3n) is 6.32. The van der Waals surface area contributed by atoms with E-state index in [0.29, 0.717) is 18.0 Å². The number of nitrogens with two attached hydrogens (primary N) is 1. The van der Waals surface area contributed by atoms with Crippen molar-refractivity contribution in [3.63, 3.8) is 0 Å². The fraction of sp³-hybridized carbons (Fsp3) is 0.304. The van der Waals surface area contributed by atoms with E-state index in [1.54, 1.807) is 6.07 Å². The van der Waals surface area contributed by atoms with Gasteiger partial charge in [-0.2, -0.15) is 5.10 Å². The third kappa shape index (κ3) is 3.65. The lowest BCUT2D eigenvalue weighted by molar-refractivity contribution is 0.100. The zero-order chi connectivity index (χ0) is 21.4. The molecule has 5 rings (SSSR count). The molecule has 0 unspecified atom stereocenters. The largest absolute Gasteiger partial charge is 0.366 e. The fourth-order valence-electron chi connectivity index (χ4n) is 4.50. The Kier molecular flexibility index (Phi) is 4.89. The molecule has 0 spiro atoms. The summed E-state index contributed by atoms with van der Waals surface area (Å²) in [4.78, 5) is 32.6. The van der Waals surface area contributed by atoms with Gasteiger partial charge in [0.1, 0.15) is 12.2 Å². The maximum Gasteiger partial charge on any atom is 0.320 e. The van der Waals surface area contributed by atoms with Crippen LogP contribution in [0.2, 0.25) is 0 Å². The van der Waals surface area contributed by atoms with Crippen LogP contribution in [-0.4, -0.2) is 63.1 Å². The van der Waals surface area contributed by atoms with E-state index in [4.69, 9.17) is 5.73 Å². The molecule has 2 aromatic carbocycles. The van der Waals surface area contributed by atoms with Crippen molar-refractivity contribution in [1.29, 1.82) is 0 Å². The van der Waals surface area contributed by atoms with E-state index in [-0.39, 0.29) is 11.9 Å². The molecule has 8 heteroatoms. The molecule has 1 aromatic heterocycles. The smallest absolute Gasteiger partial charge is 0.320 e. The first-order chi connectivity index (χ1) is 15.1. The molecule has 0 bridgehead atoms. The van der Waals surface area contributed by atoms with Crippen LogP contribution < -0.4 is 5.73 Å². The van der Waals surface area contributed by atoms with Gasteiger partial charge in [0.05, 0.1) is 0 Å². The minimum absolute atomic E-state index is 0.102. The number of aromatic nitrogens is 3. The summed E-state index contributed by atoms with van der Waals surface area (Å²) in [5, 5.41) is 6.82. The van der Waals surface area contributed by atoms with E-state index in [1.807, 2.05) is 40.1 Å². The Labute approximate surface area is 180 Å². The monoisotopic (exact) mass is 416 g/mol. The van der Waals surface area contributed by atoms with E-state index >= 15 is 0 Å². The van der Waals surface area contributed by atoms with Gasteiger partial charge in [0.15, 0.2) is 0 Å². The van der Waals surface area contributed by atoms with Crippen LogP contribution in [0, 0.1) is 0 Å². The van der Waals surface area contributed by atoms with Gasteiger partial charge in [-0.05, 0) is 29.2 Å². The number of hydrogen-bond acceptors (Lipinski definition) is 4. The van der Waals surface area contributed by atoms with Gasteiger partial charge in [-0.25, -0.2) is 9.78 Å². The van der Waals surface area contributed by atoms with Crippen LogP contribution in [0.1, 0.15) is 40.0 Å². The molecule has 3 amide bonds. The van der Waals surface area contributed by atoms with Crippen molar-refractivity contribution in [2.75, 3.05) is 26.2 Å². The van der Waals surface area contributed by atoms with Crippen molar-refractivity contribution >= 4 is 11.9 Å². The minimum atomic E-state index is -0.430. The Hall–Kier alpha value is -3.68. The second-order valence-electron chi connectivity index (χ2n) is 8.22. The second-order valence-corrected chi connectivity index (χ2v) is 8.22. The van der Waals surface area contributed by atoms with Crippen LogP contribution in [0.25, 0.3) is 11.1 Å². The molecule has 2 fully saturated rings. The number of likely N-dealkylation sites (tertiary alicyclic amines) is 2. The SMILES string of the molecule is NC(=O)c1ccccc1-c1ccc(C2CN(C(=O)N3CC[C@H](c4ncn[nH]4)C3)C2)cc1. The average molecular weight is 416 g/mol. The Morgan fingerprint density at radius 2 is 1.71 bits per heavy atom. The number of carbonyl (C=O) groups is 2. The fourth-order valence-corrected chi connectivity index (χ4v) is 4.50. The molecule has 0 radical (unpaired) electrons. The van der Waals surface area contributed by atoms with E-state index in [0.717, 1.165) is 43.0 Å². The number of H-pyrrole nitrogens is 1.